The number of nitrogen functional groups attached to an aromatic ring is 1. The Balaban J connectivity index is 2.75. The van der Waals surface area contributed by atoms with Gasteiger partial charge in [-0.05, 0) is 30.3 Å². The Kier molecular flexibility index (Phi) is 3.38. The molecule has 2 nitrogen and oxygen atoms in total. The molecule has 0 aromatic heterocycles. The lowest BCUT2D eigenvalue weighted by Crippen LogP contribution is -2.12. The Bertz CT molecular complexity index is 261. The van der Waals surface area contributed by atoms with Crippen molar-refractivity contribution in [2.45, 2.75) is 13.5 Å². The lowest BCUT2D eigenvalue weighted by atomic mass is 10.2. The SMILES string of the molecule is CCNCc1cc(N)ccc1Cl. The van der Waals surface area contributed by atoms with Crippen LogP contribution in [0.5, 0.6) is 0 Å². The second kappa shape index (κ2) is 4.33. The number of halogens is 1. The molecule has 0 amide bonds. The minimum absolute atomic E-state index is 0.757. The summed E-state index contributed by atoms with van der Waals surface area (Å²) in [4.78, 5) is 0. The molecular formula is C9H13ClN2. The summed E-state index contributed by atoms with van der Waals surface area (Å²) in [6.07, 6.45) is 0. The zero-order chi connectivity index (χ0) is 8.97. The van der Waals surface area contributed by atoms with Crippen molar-refractivity contribution in [3.63, 3.8) is 0 Å². The van der Waals surface area contributed by atoms with E-state index in [1.54, 1.807) is 6.07 Å². The second-order valence-corrected chi connectivity index (χ2v) is 3.04. The molecule has 0 heterocycles. The van der Waals surface area contributed by atoms with Gasteiger partial charge in [0.15, 0.2) is 0 Å². The van der Waals surface area contributed by atoms with Crippen molar-refractivity contribution in [2.75, 3.05) is 12.3 Å². The quantitative estimate of drug-likeness (QED) is 0.706. The van der Waals surface area contributed by atoms with Crippen molar-refractivity contribution in [3.05, 3.63) is 28.8 Å². The van der Waals surface area contributed by atoms with Gasteiger partial charge >= 0.3 is 0 Å². The van der Waals surface area contributed by atoms with Crippen LogP contribution in [0, 0.1) is 0 Å². The van der Waals surface area contributed by atoms with E-state index < -0.39 is 0 Å². The predicted octanol–water partition coefficient (Wildman–Crippen LogP) is 2.03. The lowest BCUT2D eigenvalue weighted by Gasteiger charge is -2.05. The van der Waals surface area contributed by atoms with Crippen LogP contribution in [0.2, 0.25) is 5.02 Å². The maximum Gasteiger partial charge on any atom is 0.0452 e. The third-order valence-corrected chi connectivity index (χ3v) is 2.00. The van der Waals surface area contributed by atoms with E-state index in [0.717, 1.165) is 29.4 Å². The van der Waals surface area contributed by atoms with E-state index in [1.165, 1.54) is 0 Å². The molecule has 0 bridgehead atoms. The Morgan fingerprint density at radius 2 is 2.25 bits per heavy atom. The largest absolute Gasteiger partial charge is 0.399 e. The summed E-state index contributed by atoms with van der Waals surface area (Å²) in [5.41, 5.74) is 7.42. The molecule has 1 aromatic carbocycles. The number of benzene rings is 1. The first-order chi connectivity index (χ1) is 5.74. The molecule has 1 rings (SSSR count). The predicted molar refractivity (Wildman–Crippen MR) is 53.2 cm³/mol. The highest BCUT2D eigenvalue weighted by molar-refractivity contribution is 6.31. The summed E-state index contributed by atoms with van der Waals surface area (Å²) in [6, 6.07) is 5.52. The molecule has 0 fully saturated rings. The van der Waals surface area contributed by atoms with E-state index in [2.05, 4.69) is 12.2 Å². The smallest absolute Gasteiger partial charge is 0.0452 e. The van der Waals surface area contributed by atoms with E-state index in [0.29, 0.717) is 0 Å². The summed E-state index contributed by atoms with van der Waals surface area (Å²) < 4.78 is 0. The lowest BCUT2D eigenvalue weighted by molar-refractivity contribution is 0.727. The van der Waals surface area contributed by atoms with Gasteiger partial charge in [0, 0.05) is 17.3 Å². The third kappa shape index (κ3) is 2.40. The number of rotatable bonds is 3. The van der Waals surface area contributed by atoms with Crippen LogP contribution in [0.3, 0.4) is 0 Å². The van der Waals surface area contributed by atoms with Crippen molar-refractivity contribution < 1.29 is 0 Å². The summed E-state index contributed by atoms with van der Waals surface area (Å²) in [5, 5.41) is 3.96. The highest BCUT2D eigenvalue weighted by atomic mass is 35.5. The van der Waals surface area contributed by atoms with Gasteiger partial charge in [0.25, 0.3) is 0 Å². The molecule has 0 saturated heterocycles. The molecule has 0 unspecified atom stereocenters. The Morgan fingerprint density at radius 3 is 2.92 bits per heavy atom. The van der Waals surface area contributed by atoms with Crippen molar-refractivity contribution >= 4 is 17.3 Å². The zero-order valence-electron chi connectivity index (χ0n) is 7.10. The number of anilines is 1. The van der Waals surface area contributed by atoms with Gasteiger partial charge in [0.2, 0.25) is 0 Å². The van der Waals surface area contributed by atoms with Gasteiger partial charge in [-0.3, -0.25) is 0 Å². The van der Waals surface area contributed by atoms with Crippen molar-refractivity contribution in [1.82, 2.24) is 5.32 Å². The van der Waals surface area contributed by atoms with Crippen LogP contribution in [0.1, 0.15) is 12.5 Å². The summed E-state index contributed by atoms with van der Waals surface area (Å²) in [5.74, 6) is 0. The standard InChI is InChI=1S/C9H13ClN2/c1-2-12-6-7-5-8(11)3-4-9(7)10/h3-5,12H,2,6,11H2,1H3. The fraction of sp³-hybridized carbons (Fsp3) is 0.333. The van der Waals surface area contributed by atoms with E-state index in [9.17, 15) is 0 Å². The van der Waals surface area contributed by atoms with Gasteiger partial charge in [-0.2, -0.15) is 0 Å². The van der Waals surface area contributed by atoms with Gasteiger partial charge in [0.1, 0.15) is 0 Å². The fourth-order valence-corrected chi connectivity index (χ4v) is 1.17. The van der Waals surface area contributed by atoms with Crippen LogP contribution >= 0.6 is 11.6 Å². The topological polar surface area (TPSA) is 38.0 Å². The van der Waals surface area contributed by atoms with Crippen molar-refractivity contribution in [1.29, 1.82) is 0 Å². The minimum atomic E-state index is 0.757. The molecule has 66 valence electrons. The molecule has 1 aromatic rings. The Labute approximate surface area is 77.7 Å². The Morgan fingerprint density at radius 1 is 1.50 bits per heavy atom. The highest BCUT2D eigenvalue weighted by Crippen LogP contribution is 2.18. The minimum Gasteiger partial charge on any atom is -0.399 e. The normalized spacial score (nSPS) is 10.2. The summed E-state index contributed by atoms with van der Waals surface area (Å²) in [7, 11) is 0. The van der Waals surface area contributed by atoms with Crippen molar-refractivity contribution in [3.8, 4) is 0 Å². The first-order valence-corrected chi connectivity index (χ1v) is 4.36. The van der Waals surface area contributed by atoms with E-state index in [1.807, 2.05) is 12.1 Å². The van der Waals surface area contributed by atoms with Crippen LogP contribution < -0.4 is 11.1 Å². The summed E-state index contributed by atoms with van der Waals surface area (Å²) >= 11 is 5.94. The zero-order valence-corrected chi connectivity index (χ0v) is 7.86. The van der Waals surface area contributed by atoms with Crippen LogP contribution in [0.4, 0.5) is 5.69 Å². The van der Waals surface area contributed by atoms with Crippen LogP contribution in [-0.2, 0) is 6.54 Å². The Hall–Kier alpha value is -0.730. The molecular weight excluding hydrogens is 172 g/mol. The molecule has 0 atom stereocenters. The molecule has 0 spiro atoms. The first kappa shape index (κ1) is 9.36. The van der Waals surface area contributed by atoms with Crippen LogP contribution in [0.15, 0.2) is 18.2 Å². The molecule has 3 N–H and O–H groups in total. The number of hydrogen-bond donors (Lipinski definition) is 2. The molecule has 0 saturated carbocycles. The first-order valence-electron chi connectivity index (χ1n) is 3.98. The molecule has 0 aliphatic rings. The third-order valence-electron chi connectivity index (χ3n) is 1.64. The van der Waals surface area contributed by atoms with Gasteiger partial charge in [0.05, 0.1) is 0 Å². The van der Waals surface area contributed by atoms with Crippen LogP contribution in [0.25, 0.3) is 0 Å². The number of nitrogens with one attached hydrogen (secondary N) is 1. The van der Waals surface area contributed by atoms with E-state index in [4.69, 9.17) is 17.3 Å². The molecule has 12 heavy (non-hydrogen) atoms. The molecule has 0 radical (unpaired) electrons. The van der Waals surface area contributed by atoms with Gasteiger partial charge in [-0.15, -0.1) is 0 Å². The molecule has 0 aliphatic carbocycles. The molecule has 3 heteroatoms. The average Bonchev–Trinajstić information content (AvgIpc) is 2.07. The van der Waals surface area contributed by atoms with E-state index >= 15 is 0 Å². The summed E-state index contributed by atoms with van der Waals surface area (Å²) in [6.45, 7) is 3.77. The maximum absolute atomic E-state index is 5.94. The monoisotopic (exact) mass is 184 g/mol. The number of nitrogens with two attached hydrogens (primary N) is 1. The average molecular weight is 185 g/mol. The van der Waals surface area contributed by atoms with Gasteiger partial charge in [-0.1, -0.05) is 18.5 Å². The van der Waals surface area contributed by atoms with Gasteiger partial charge < -0.3 is 11.1 Å². The van der Waals surface area contributed by atoms with Crippen molar-refractivity contribution in [2.24, 2.45) is 0 Å². The maximum atomic E-state index is 5.94. The fourth-order valence-electron chi connectivity index (χ4n) is 0.990. The highest BCUT2D eigenvalue weighted by Gasteiger charge is 1.98. The molecule has 0 aliphatic heterocycles. The van der Waals surface area contributed by atoms with E-state index in [-0.39, 0.29) is 0 Å². The number of hydrogen-bond acceptors (Lipinski definition) is 2. The van der Waals surface area contributed by atoms with Gasteiger partial charge in [-0.25, -0.2) is 0 Å². The second-order valence-electron chi connectivity index (χ2n) is 2.63. The van der Waals surface area contributed by atoms with Crippen LogP contribution in [-0.4, -0.2) is 6.54 Å².